The van der Waals surface area contributed by atoms with Gasteiger partial charge in [0, 0.05) is 31.3 Å². The van der Waals surface area contributed by atoms with E-state index in [1.54, 1.807) is 0 Å². The lowest BCUT2D eigenvalue weighted by Gasteiger charge is -2.14. The first-order valence-corrected chi connectivity index (χ1v) is 7.26. The molecule has 0 bridgehead atoms. The number of hydrogen-bond donors (Lipinski definition) is 1. The molecule has 0 aromatic carbocycles. The smallest absolute Gasteiger partial charge is 0.131 e. The van der Waals surface area contributed by atoms with Crippen LogP contribution in [-0.4, -0.2) is 26.1 Å². The SMILES string of the molecule is CCNCc1nc(C(C)C)ncc1-n1ccnc1CC. The predicted octanol–water partition coefficient (Wildman–Crippen LogP) is 2.46. The lowest BCUT2D eigenvalue weighted by atomic mass is 10.2. The first-order valence-electron chi connectivity index (χ1n) is 7.26. The fraction of sp³-hybridized carbons (Fsp3) is 0.533. The number of rotatable bonds is 6. The minimum absolute atomic E-state index is 0.331. The second-order valence-electron chi connectivity index (χ2n) is 5.06. The Morgan fingerprint density at radius 2 is 2.05 bits per heavy atom. The second-order valence-corrected chi connectivity index (χ2v) is 5.06. The van der Waals surface area contributed by atoms with E-state index in [9.17, 15) is 0 Å². The van der Waals surface area contributed by atoms with Crippen molar-refractivity contribution in [2.75, 3.05) is 6.54 Å². The molecule has 0 radical (unpaired) electrons. The van der Waals surface area contributed by atoms with Crippen LogP contribution in [0.1, 0.15) is 51.0 Å². The van der Waals surface area contributed by atoms with E-state index < -0.39 is 0 Å². The zero-order valence-electron chi connectivity index (χ0n) is 12.7. The average molecular weight is 273 g/mol. The summed E-state index contributed by atoms with van der Waals surface area (Å²) in [6, 6.07) is 0. The summed E-state index contributed by atoms with van der Waals surface area (Å²) in [4.78, 5) is 13.6. The number of nitrogens with one attached hydrogen (secondary N) is 1. The van der Waals surface area contributed by atoms with Gasteiger partial charge < -0.3 is 9.88 Å². The van der Waals surface area contributed by atoms with Crippen LogP contribution in [-0.2, 0) is 13.0 Å². The highest BCUT2D eigenvalue weighted by molar-refractivity contribution is 5.36. The summed E-state index contributed by atoms with van der Waals surface area (Å²) < 4.78 is 2.08. The lowest BCUT2D eigenvalue weighted by molar-refractivity contribution is 0.677. The van der Waals surface area contributed by atoms with Gasteiger partial charge in [-0.25, -0.2) is 15.0 Å². The highest BCUT2D eigenvalue weighted by atomic mass is 15.1. The van der Waals surface area contributed by atoms with E-state index >= 15 is 0 Å². The van der Waals surface area contributed by atoms with Gasteiger partial charge in [-0.2, -0.15) is 0 Å². The Kier molecular flexibility index (Phi) is 4.84. The van der Waals surface area contributed by atoms with E-state index in [2.05, 4.69) is 47.5 Å². The van der Waals surface area contributed by atoms with Crippen molar-refractivity contribution in [3.8, 4) is 5.69 Å². The molecule has 2 rings (SSSR count). The molecule has 108 valence electrons. The number of aryl methyl sites for hydroxylation is 1. The summed E-state index contributed by atoms with van der Waals surface area (Å²) >= 11 is 0. The standard InChI is InChI=1S/C15H23N5/c1-5-14-17-7-8-20(14)13-10-18-15(11(3)4)19-12(13)9-16-6-2/h7-8,10-11,16H,5-6,9H2,1-4H3. The maximum atomic E-state index is 4.72. The fourth-order valence-electron chi connectivity index (χ4n) is 2.09. The van der Waals surface area contributed by atoms with Gasteiger partial charge >= 0.3 is 0 Å². The molecule has 0 aliphatic carbocycles. The molecule has 2 aromatic heterocycles. The zero-order valence-corrected chi connectivity index (χ0v) is 12.7. The topological polar surface area (TPSA) is 55.6 Å². The maximum Gasteiger partial charge on any atom is 0.131 e. The fourth-order valence-corrected chi connectivity index (χ4v) is 2.09. The molecule has 0 saturated heterocycles. The molecule has 0 saturated carbocycles. The van der Waals surface area contributed by atoms with Crippen molar-refractivity contribution in [2.45, 2.75) is 46.6 Å². The Hall–Kier alpha value is -1.75. The number of hydrogen-bond acceptors (Lipinski definition) is 4. The monoisotopic (exact) mass is 273 g/mol. The van der Waals surface area contributed by atoms with Gasteiger partial charge in [-0.05, 0) is 6.54 Å². The number of imidazole rings is 1. The molecule has 5 nitrogen and oxygen atoms in total. The molecule has 1 N–H and O–H groups in total. The molecule has 2 heterocycles. The summed E-state index contributed by atoms with van der Waals surface area (Å²) in [5.74, 6) is 2.25. The Balaban J connectivity index is 2.45. The third-order valence-electron chi connectivity index (χ3n) is 3.22. The lowest BCUT2D eigenvalue weighted by Crippen LogP contribution is -2.17. The summed E-state index contributed by atoms with van der Waals surface area (Å²) in [6.07, 6.45) is 6.60. The quantitative estimate of drug-likeness (QED) is 0.878. The summed E-state index contributed by atoms with van der Waals surface area (Å²) in [5, 5.41) is 3.35. The Morgan fingerprint density at radius 3 is 2.70 bits per heavy atom. The van der Waals surface area contributed by atoms with Crippen LogP contribution in [0.25, 0.3) is 5.69 Å². The Labute approximate surface area is 120 Å². The van der Waals surface area contributed by atoms with Gasteiger partial charge in [0.25, 0.3) is 0 Å². The van der Waals surface area contributed by atoms with Crippen molar-refractivity contribution >= 4 is 0 Å². The number of aromatic nitrogens is 4. The van der Waals surface area contributed by atoms with E-state index in [-0.39, 0.29) is 0 Å². The summed E-state index contributed by atoms with van der Waals surface area (Å²) in [7, 11) is 0. The van der Waals surface area contributed by atoms with Gasteiger partial charge in [0.2, 0.25) is 0 Å². The molecule has 5 heteroatoms. The summed E-state index contributed by atoms with van der Waals surface area (Å²) in [6.45, 7) is 10.1. The van der Waals surface area contributed by atoms with Crippen molar-refractivity contribution in [3.05, 3.63) is 35.9 Å². The van der Waals surface area contributed by atoms with Gasteiger partial charge in [-0.1, -0.05) is 27.7 Å². The Morgan fingerprint density at radius 1 is 1.25 bits per heavy atom. The van der Waals surface area contributed by atoms with E-state index in [1.165, 1.54) is 0 Å². The third kappa shape index (κ3) is 3.04. The maximum absolute atomic E-state index is 4.72. The first kappa shape index (κ1) is 14.7. The molecule has 2 aromatic rings. The van der Waals surface area contributed by atoms with Crippen LogP contribution in [0, 0.1) is 0 Å². The Bertz CT molecular complexity index is 559. The minimum atomic E-state index is 0.331. The molecule has 20 heavy (non-hydrogen) atoms. The van der Waals surface area contributed by atoms with Gasteiger partial charge in [-0.3, -0.25) is 0 Å². The van der Waals surface area contributed by atoms with Crippen LogP contribution in [0.4, 0.5) is 0 Å². The second kappa shape index (κ2) is 6.61. The van der Waals surface area contributed by atoms with Crippen LogP contribution in [0.5, 0.6) is 0 Å². The third-order valence-corrected chi connectivity index (χ3v) is 3.22. The molecule has 0 aliphatic rings. The van der Waals surface area contributed by atoms with E-state index in [0.717, 1.165) is 42.5 Å². The molecule has 0 atom stereocenters. The van der Waals surface area contributed by atoms with E-state index in [4.69, 9.17) is 4.98 Å². The van der Waals surface area contributed by atoms with Gasteiger partial charge in [0.05, 0.1) is 17.6 Å². The average Bonchev–Trinajstić information content (AvgIpc) is 2.92. The van der Waals surface area contributed by atoms with E-state index in [0.29, 0.717) is 5.92 Å². The van der Waals surface area contributed by atoms with Crippen LogP contribution in [0.15, 0.2) is 18.6 Å². The molecule has 0 unspecified atom stereocenters. The van der Waals surface area contributed by atoms with Gasteiger partial charge in [0.15, 0.2) is 0 Å². The number of nitrogens with zero attached hydrogens (tertiary/aromatic N) is 4. The van der Waals surface area contributed by atoms with Gasteiger partial charge in [-0.15, -0.1) is 0 Å². The molecular weight excluding hydrogens is 250 g/mol. The van der Waals surface area contributed by atoms with Crippen molar-refractivity contribution in [2.24, 2.45) is 0 Å². The first-order chi connectivity index (χ1) is 9.67. The largest absolute Gasteiger partial charge is 0.311 e. The minimum Gasteiger partial charge on any atom is -0.311 e. The highest BCUT2D eigenvalue weighted by Crippen LogP contribution is 2.17. The predicted molar refractivity (Wildman–Crippen MR) is 80.0 cm³/mol. The molecule has 0 amide bonds. The van der Waals surface area contributed by atoms with Crippen molar-refractivity contribution in [1.82, 2.24) is 24.8 Å². The molecule has 0 fully saturated rings. The summed E-state index contributed by atoms with van der Waals surface area (Å²) in [5.41, 5.74) is 2.04. The van der Waals surface area contributed by atoms with Crippen molar-refractivity contribution in [1.29, 1.82) is 0 Å². The molecular formula is C15H23N5. The normalized spacial score (nSPS) is 11.2. The van der Waals surface area contributed by atoms with Crippen molar-refractivity contribution in [3.63, 3.8) is 0 Å². The van der Waals surface area contributed by atoms with Crippen LogP contribution in [0.3, 0.4) is 0 Å². The van der Waals surface area contributed by atoms with Crippen LogP contribution >= 0.6 is 0 Å². The van der Waals surface area contributed by atoms with Crippen LogP contribution in [0.2, 0.25) is 0 Å². The van der Waals surface area contributed by atoms with Gasteiger partial charge in [0.1, 0.15) is 11.6 Å². The zero-order chi connectivity index (χ0) is 14.5. The highest BCUT2D eigenvalue weighted by Gasteiger charge is 2.13. The van der Waals surface area contributed by atoms with Crippen molar-refractivity contribution < 1.29 is 0 Å². The molecule has 0 spiro atoms. The van der Waals surface area contributed by atoms with E-state index in [1.807, 2.05) is 18.6 Å². The van der Waals surface area contributed by atoms with Crippen LogP contribution < -0.4 is 5.32 Å². The molecule has 0 aliphatic heterocycles.